The van der Waals surface area contributed by atoms with Crippen molar-refractivity contribution < 1.29 is 5.11 Å². The van der Waals surface area contributed by atoms with Crippen LogP contribution in [0, 0.1) is 0 Å². The third-order valence-electron chi connectivity index (χ3n) is 2.86. The maximum absolute atomic E-state index is 9.45. The average molecular weight is 263 g/mol. The van der Waals surface area contributed by atoms with Crippen LogP contribution in [0.1, 0.15) is 0 Å². The number of nitrogens with one attached hydrogen (secondary N) is 1. The first-order valence-electron chi connectivity index (χ1n) is 6.25. The monoisotopic (exact) mass is 263 g/mol. The van der Waals surface area contributed by atoms with E-state index in [1.165, 1.54) is 6.33 Å². The van der Waals surface area contributed by atoms with E-state index in [9.17, 15) is 5.11 Å². The van der Waals surface area contributed by atoms with Crippen LogP contribution in [0.2, 0.25) is 0 Å². The molecule has 0 bridgehead atoms. The van der Waals surface area contributed by atoms with Crippen molar-refractivity contribution in [2.75, 3.05) is 5.32 Å². The van der Waals surface area contributed by atoms with Gasteiger partial charge in [0.2, 0.25) is 0 Å². The zero-order chi connectivity index (χ0) is 13.8. The smallest absolute Gasteiger partial charge is 0.134 e. The molecule has 4 nitrogen and oxygen atoms in total. The Labute approximate surface area is 116 Å². The molecule has 2 N–H and O–H groups in total. The third-order valence-corrected chi connectivity index (χ3v) is 2.86. The molecule has 3 rings (SSSR count). The van der Waals surface area contributed by atoms with Crippen LogP contribution in [0.4, 0.5) is 11.5 Å². The van der Waals surface area contributed by atoms with Crippen molar-refractivity contribution in [2.45, 2.75) is 0 Å². The molecule has 3 aromatic rings. The largest absolute Gasteiger partial charge is 0.508 e. The number of anilines is 2. The second-order valence-electron chi connectivity index (χ2n) is 4.33. The van der Waals surface area contributed by atoms with Crippen molar-refractivity contribution in [3.05, 3.63) is 67.0 Å². The molecule has 0 aliphatic rings. The van der Waals surface area contributed by atoms with Gasteiger partial charge in [-0.05, 0) is 12.1 Å². The van der Waals surface area contributed by atoms with Crippen LogP contribution in [0.25, 0.3) is 11.3 Å². The highest BCUT2D eigenvalue weighted by molar-refractivity contribution is 5.65. The van der Waals surface area contributed by atoms with E-state index in [1.807, 2.05) is 42.5 Å². The second-order valence-corrected chi connectivity index (χ2v) is 4.33. The van der Waals surface area contributed by atoms with Gasteiger partial charge in [0.25, 0.3) is 0 Å². The molecule has 0 atom stereocenters. The van der Waals surface area contributed by atoms with E-state index in [4.69, 9.17) is 0 Å². The minimum Gasteiger partial charge on any atom is -0.508 e. The summed E-state index contributed by atoms with van der Waals surface area (Å²) in [5, 5.41) is 12.6. The summed E-state index contributed by atoms with van der Waals surface area (Å²) in [6.45, 7) is 0. The number of aromatic hydroxyl groups is 1. The minimum atomic E-state index is 0.215. The fraction of sp³-hybridized carbons (Fsp3) is 0. The Morgan fingerprint density at radius 1 is 0.850 bits per heavy atom. The van der Waals surface area contributed by atoms with E-state index in [-0.39, 0.29) is 5.75 Å². The molecular weight excluding hydrogens is 250 g/mol. The Kier molecular flexibility index (Phi) is 3.29. The van der Waals surface area contributed by atoms with Gasteiger partial charge in [-0.2, -0.15) is 0 Å². The summed E-state index contributed by atoms with van der Waals surface area (Å²) in [4.78, 5) is 8.45. The number of nitrogens with zero attached hydrogens (tertiary/aromatic N) is 2. The Hall–Kier alpha value is -2.88. The van der Waals surface area contributed by atoms with Gasteiger partial charge < -0.3 is 10.4 Å². The predicted molar refractivity (Wildman–Crippen MR) is 78.9 cm³/mol. The van der Waals surface area contributed by atoms with E-state index in [0.29, 0.717) is 5.82 Å². The molecule has 4 heteroatoms. The van der Waals surface area contributed by atoms with Crippen molar-refractivity contribution in [1.82, 2.24) is 9.97 Å². The highest BCUT2D eigenvalue weighted by Crippen LogP contribution is 2.22. The number of aromatic nitrogens is 2. The molecule has 0 aliphatic carbocycles. The minimum absolute atomic E-state index is 0.215. The first-order chi connectivity index (χ1) is 9.81. The van der Waals surface area contributed by atoms with Crippen LogP contribution in [0.3, 0.4) is 0 Å². The highest BCUT2D eigenvalue weighted by Gasteiger charge is 2.02. The average Bonchev–Trinajstić information content (AvgIpc) is 2.48. The van der Waals surface area contributed by atoms with E-state index in [0.717, 1.165) is 16.9 Å². The van der Waals surface area contributed by atoms with Gasteiger partial charge in [-0.25, -0.2) is 9.97 Å². The van der Waals surface area contributed by atoms with Crippen LogP contribution in [0.15, 0.2) is 67.0 Å². The van der Waals surface area contributed by atoms with Crippen LogP contribution < -0.4 is 5.32 Å². The molecule has 0 saturated heterocycles. The lowest BCUT2D eigenvalue weighted by Crippen LogP contribution is -1.95. The van der Waals surface area contributed by atoms with Gasteiger partial charge in [-0.1, -0.05) is 36.4 Å². The molecule has 0 saturated carbocycles. The molecule has 2 aromatic carbocycles. The molecule has 0 unspecified atom stereocenters. The van der Waals surface area contributed by atoms with Gasteiger partial charge in [0.15, 0.2) is 0 Å². The Morgan fingerprint density at radius 2 is 1.70 bits per heavy atom. The highest BCUT2D eigenvalue weighted by atomic mass is 16.3. The van der Waals surface area contributed by atoms with Crippen LogP contribution in [0.5, 0.6) is 5.75 Å². The second kappa shape index (κ2) is 5.40. The summed E-state index contributed by atoms with van der Waals surface area (Å²) < 4.78 is 0. The lowest BCUT2D eigenvalue weighted by molar-refractivity contribution is 0.475. The van der Waals surface area contributed by atoms with Gasteiger partial charge in [-0.3, -0.25) is 0 Å². The van der Waals surface area contributed by atoms with Crippen molar-refractivity contribution >= 4 is 11.5 Å². The molecule has 1 aromatic heterocycles. The molecule has 0 aliphatic heterocycles. The summed E-state index contributed by atoms with van der Waals surface area (Å²) >= 11 is 0. The van der Waals surface area contributed by atoms with Gasteiger partial charge in [0.1, 0.15) is 17.9 Å². The lowest BCUT2D eigenvalue weighted by Gasteiger charge is -2.07. The standard InChI is InChI=1S/C16H13N3O/c20-14-8-4-7-13(9-14)19-16-10-15(17-11-18-16)12-5-2-1-3-6-12/h1-11,20H,(H,17,18,19). The summed E-state index contributed by atoms with van der Waals surface area (Å²) in [5.41, 5.74) is 2.67. The summed E-state index contributed by atoms with van der Waals surface area (Å²) in [6.07, 6.45) is 1.52. The number of benzene rings is 2. The lowest BCUT2D eigenvalue weighted by atomic mass is 10.1. The van der Waals surface area contributed by atoms with Gasteiger partial charge in [-0.15, -0.1) is 0 Å². The van der Waals surface area contributed by atoms with Crippen LogP contribution in [-0.4, -0.2) is 15.1 Å². The van der Waals surface area contributed by atoms with E-state index in [1.54, 1.807) is 18.2 Å². The van der Waals surface area contributed by atoms with E-state index < -0.39 is 0 Å². The number of hydrogen-bond donors (Lipinski definition) is 2. The van der Waals surface area contributed by atoms with Gasteiger partial charge in [0.05, 0.1) is 5.69 Å². The van der Waals surface area contributed by atoms with Crippen LogP contribution >= 0.6 is 0 Å². The quantitative estimate of drug-likeness (QED) is 0.758. The van der Waals surface area contributed by atoms with E-state index >= 15 is 0 Å². The Morgan fingerprint density at radius 3 is 2.50 bits per heavy atom. The Bertz CT molecular complexity index is 714. The maximum atomic E-state index is 9.45. The van der Waals surface area contributed by atoms with Crippen molar-refractivity contribution in [1.29, 1.82) is 0 Å². The van der Waals surface area contributed by atoms with Crippen molar-refractivity contribution in [3.8, 4) is 17.0 Å². The molecule has 0 radical (unpaired) electrons. The first kappa shape index (κ1) is 12.2. The Balaban J connectivity index is 1.88. The van der Waals surface area contributed by atoms with Gasteiger partial charge in [0, 0.05) is 23.4 Å². The molecule has 1 heterocycles. The molecule has 0 amide bonds. The fourth-order valence-corrected chi connectivity index (χ4v) is 1.92. The third kappa shape index (κ3) is 2.75. The van der Waals surface area contributed by atoms with Crippen molar-refractivity contribution in [2.24, 2.45) is 0 Å². The SMILES string of the molecule is Oc1cccc(Nc2cc(-c3ccccc3)ncn2)c1. The number of phenols is 1. The number of hydrogen-bond acceptors (Lipinski definition) is 4. The topological polar surface area (TPSA) is 58.0 Å². The summed E-state index contributed by atoms with van der Waals surface area (Å²) in [5.74, 6) is 0.900. The van der Waals surface area contributed by atoms with Crippen LogP contribution in [-0.2, 0) is 0 Å². The summed E-state index contributed by atoms with van der Waals surface area (Å²) in [7, 11) is 0. The zero-order valence-electron chi connectivity index (χ0n) is 10.7. The van der Waals surface area contributed by atoms with Gasteiger partial charge >= 0.3 is 0 Å². The van der Waals surface area contributed by atoms with Crippen molar-refractivity contribution in [3.63, 3.8) is 0 Å². The fourth-order valence-electron chi connectivity index (χ4n) is 1.92. The molecule has 0 spiro atoms. The number of rotatable bonds is 3. The molecular formula is C16H13N3O. The maximum Gasteiger partial charge on any atom is 0.134 e. The summed E-state index contributed by atoms with van der Waals surface area (Å²) in [6, 6.07) is 18.7. The first-order valence-corrected chi connectivity index (χ1v) is 6.25. The predicted octanol–water partition coefficient (Wildman–Crippen LogP) is 3.59. The number of phenolic OH excluding ortho intramolecular Hbond substituents is 1. The molecule has 0 fully saturated rings. The zero-order valence-corrected chi connectivity index (χ0v) is 10.7. The van der Waals surface area contributed by atoms with E-state index in [2.05, 4.69) is 15.3 Å². The molecule has 20 heavy (non-hydrogen) atoms. The normalized spacial score (nSPS) is 10.2. The molecule has 98 valence electrons.